The summed E-state index contributed by atoms with van der Waals surface area (Å²) in [4.78, 5) is 13.1. The Morgan fingerprint density at radius 3 is 2.52 bits per heavy atom. The molecule has 0 saturated heterocycles. The molecule has 25 heavy (non-hydrogen) atoms. The molecular formula is C21H31N2O2+. The molecule has 136 valence electrons. The molecule has 4 heteroatoms. The Bertz CT molecular complexity index is 691. The van der Waals surface area contributed by atoms with E-state index in [9.17, 15) is 4.79 Å². The summed E-state index contributed by atoms with van der Waals surface area (Å²) in [5.41, 5.74) is 3.87. The van der Waals surface area contributed by atoms with E-state index in [2.05, 4.69) is 74.9 Å². The van der Waals surface area contributed by atoms with Crippen molar-refractivity contribution in [3.63, 3.8) is 0 Å². The predicted octanol–water partition coefficient (Wildman–Crippen LogP) is 2.45. The van der Waals surface area contributed by atoms with Crippen molar-refractivity contribution >= 4 is 5.97 Å². The molecule has 1 aromatic carbocycles. The number of hydrogen-bond donors (Lipinski definition) is 1. The molecule has 0 amide bonds. The van der Waals surface area contributed by atoms with Gasteiger partial charge in [-0.1, -0.05) is 38.1 Å². The molecule has 0 aliphatic heterocycles. The average molecular weight is 343 g/mol. The van der Waals surface area contributed by atoms with E-state index in [-0.39, 0.29) is 5.97 Å². The molecule has 0 fully saturated rings. The first-order valence-corrected chi connectivity index (χ1v) is 9.02. The number of aromatic nitrogens is 1. The van der Waals surface area contributed by atoms with Crippen LogP contribution in [0.4, 0.5) is 0 Å². The summed E-state index contributed by atoms with van der Waals surface area (Å²) < 4.78 is 7.19. The normalized spacial score (nSPS) is 13.7. The van der Waals surface area contributed by atoms with Crippen molar-refractivity contribution in [3.05, 3.63) is 59.4 Å². The zero-order valence-corrected chi connectivity index (χ0v) is 16.1. The number of hydrogen-bond acceptors (Lipinski definition) is 2. The lowest BCUT2D eigenvalue weighted by Gasteiger charge is -2.28. The van der Waals surface area contributed by atoms with Gasteiger partial charge in [0.15, 0.2) is 6.54 Å². The summed E-state index contributed by atoms with van der Waals surface area (Å²) in [7, 11) is 1.46. The van der Waals surface area contributed by atoms with Gasteiger partial charge in [-0.15, -0.1) is 0 Å². The quantitative estimate of drug-likeness (QED) is 0.748. The second-order valence-electron chi connectivity index (χ2n) is 7.17. The molecule has 1 unspecified atom stereocenters. The lowest BCUT2D eigenvalue weighted by atomic mass is 10.0. The van der Waals surface area contributed by atoms with E-state index in [0.29, 0.717) is 18.5 Å². The van der Waals surface area contributed by atoms with Gasteiger partial charge >= 0.3 is 5.97 Å². The van der Waals surface area contributed by atoms with E-state index in [1.807, 2.05) is 0 Å². The van der Waals surface area contributed by atoms with E-state index in [0.717, 1.165) is 13.1 Å². The standard InChI is InChI=1S/C21H30N2O2/c1-16(2)18(4)23(15-21(24)25-5)14-20-11-8-12-22(20)13-19-10-7-6-9-17(19)3/h6-12,16,18H,13-15H2,1-5H3/p+1/t18-/m1/s1. The summed E-state index contributed by atoms with van der Waals surface area (Å²) in [6, 6.07) is 13.1. The van der Waals surface area contributed by atoms with Crippen LogP contribution in [0.1, 0.15) is 37.6 Å². The van der Waals surface area contributed by atoms with Crippen molar-refractivity contribution in [1.29, 1.82) is 0 Å². The number of quaternary nitrogens is 1. The molecule has 0 aliphatic rings. The lowest BCUT2D eigenvalue weighted by molar-refractivity contribution is -0.933. The molecule has 2 rings (SSSR count). The van der Waals surface area contributed by atoms with Crippen molar-refractivity contribution in [1.82, 2.24) is 4.57 Å². The number of esters is 1. The van der Waals surface area contributed by atoms with Gasteiger partial charge in [-0.3, -0.25) is 0 Å². The van der Waals surface area contributed by atoms with E-state index >= 15 is 0 Å². The van der Waals surface area contributed by atoms with E-state index < -0.39 is 0 Å². The minimum atomic E-state index is -0.153. The maximum atomic E-state index is 11.8. The Labute approximate surface area is 151 Å². The second kappa shape index (κ2) is 8.86. The van der Waals surface area contributed by atoms with Crippen molar-refractivity contribution in [2.24, 2.45) is 5.92 Å². The lowest BCUT2D eigenvalue weighted by Crippen LogP contribution is -3.15. The molecule has 0 spiro atoms. The topological polar surface area (TPSA) is 35.7 Å². The second-order valence-corrected chi connectivity index (χ2v) is 7.17. The Kier molecular flexibility index (Phi) is 6.82. The van der Waals surface area contributed by atoms with Crippen LogP contribution in [0.25, 0.3) is 0 Å². The first-order valence-electron chi connectivity index (χ1n) is 9.02. The zero-order chi connectivity index (χ0) is 18.4. The minimum Gasteiger partial charge on any atom is -0.465 e. The van der Waals surface area contributed by atoms with E-state index in [1.54, 1.807) is 0 Å². The highest BCUT2D eigenvalue weighted by atomic mass is 16.5. The molecule has 0 radical (unpaired) electrons. The Balaban J connectivity index is 2.18. The fourth-order valence-electron chi connectivity index (χ4n) is 3.08. The highest BCUT2D eigenvalue weighted by Crippen LogP contribution is 2.12. The SMILES string of the molecule is COC(=O)C[NH+](Cc1cccn1Cc1ccccc1C)[C@H](C)C(C)C. The summed E-state index contributed by atoms with van der Waals surface area (Å²) in [6.45, 7) is 10.8. The molecule has 1 heterocycles. The van der Waals surface area contributed by atoms with Gasteiger partial charge in [0, 0.05) is 18.7 Å². The van der Waals surface area contributed by atoms with Crippen molar-refractivity contribution in [2.75, 3.05) is 13.7 Å². The zero-order valence-electron chi connectivity index (χ0n) is 16.1. The molecule has 2 aromatic rings. The van der Waals surface area contributed by atoms with Crippen LogP contribution in [0.15, 0.2) is 42.6 Å². The predicted molar refractivity (Wildman–Crippen MR) is 101 cm³/mol. The number of nitrogens with zero attached hydrogens (tertiary/aromatic N) is 1. The van der Waals surface area contributed by atoms with E-state index in [4.69, 9.17) is 4.74 Å². The minimum absolute atomic E-state index is 0.153. The number of carbonyl (C=O) groups is 1. The van der Waals surface area contributed by atoms with Crippen LogP contribution >= 0.6 is 0 Å². The first-order chi connectivity index (χ1) is 11.9. The van der Waals surface area contributed by atoms with Gasteiger partial charge < -0.3 is 14.2 Å². The summed E-state index contributed by atoms with van der Waals surface area (Å²) in [6.07, 6.45) is 2.12. The van der Waals surface area contributed by atoms with Crippen molar-refractivity contribution in [2.45, 2.75) is 46.8 Å². The van der Waals surface area contributed by atoms with Gasteiger partial charge in [0.25, 0.3) is 0 Å². The largest absolute Gasteiger partial charge is 0.465 e. The summed E-state index contributed by atoms with van der Waals surface area (Å²) in [5, 5.41) is 0. The number of rotatable bonds is 8. The maximum Gasteiger partial charge on any atom is 0.361 e. The Hall–Kier alpha value is -2.07. The third kappa shape index (κ3) is 5.20. The number of carbonyl (C=O) groups excluding carboxylic acids is 1. The number of benzene rings is 1. The van der Waals surface area contributed by atoms with Crippen LogP contribution in [0.5, 0.6) is 0 Å². The fourth-order valence-corrected chi connectivity index (χ4v) is 3.08. The van der Waals surface area contributed by atoms with Crippen LogP contribution in [0.3, 0.4) is 0 Å². The smallest absolute Gasteiger partial charge is 0.361 e. The molecule has 4 nitrogen and oxygen atoms in total. The Morgan fingerprint density at radius 1 is 1.16 bits per heavy atom. The number of methoxy groups -OCH3 is 1. The van der Waals surface area contributed by atoms with Gasteiger partial charge in [-0.25, -0.2) is 4.79 Å². The number of nitrogens with one attached hydrogen (secondary N) is 1. The van der Waals surface area contributed by atoms with Crippen LogP contribution in [-0.4, -0.2) is 30.2 Å². The molecular weight excluding hydrogens is 312 g/mol. The van der Waals surface area contributed by atoms with Gasteiger partial charge in [0.2, 0.25) is 0 Å². The first kappa shape index (κ1) is 19.3. The van der Waals surface area contributed by atoms with Gasteiger partial charge in [0.05, 0.1) is 18.8 Å². The summed E-state index contributed by atoms with van der Waals surface area (Å²) >= 11 is 0. The van der Waals surface area contributed by atoms with Crippen LogP contribution < -0.4 is 4.90 Å². The third-order valence-electron chi connectivity index (χ3n) is 5.18. The van der Waals surface area contributed by atoms with Crippen LogP contribution in [-0.2, 0) is 22.6 Å². The number of aryl methyl sites for hydroxylation is 1. The average Bonchev–Trinajstić information content (AvgIpc) is 3.02. The fraction of sp³-hybridized carbons (Fsp3) is 0.476. The van der Waals surface area contributed by atoms with Gasteiger partial charge in [-0.05, 0) is 37.1 Å². The highest BCUT2D eigenvalue weighted by Gasteiger charge is 2.25. The van der Waals surface area contributed by atoms with Gasteiger partial charge in [-0.2, -0.15) is 0 Å². The van der Waals surface area contributed by atoms with Crippen LogP contribution in [0, 0.1) is 12.8 Å². The molecule has 1 N–H and O–H groups in total. The number of ether oxygens (including phenoxy) is 1. The van der Waals surface area contributed by atoms with Gasteiger partial charge in [0.1, 0.15) is 6.54 Å². The molecule has 1 aromatic heterocycles. The molecule has 0 bridgehead atoms. The highest BCUT2D eigenvalue weighted by molar-refractivity contribution is 5.70. The molecule has 0 aliphatic carbocycles. The van der Waals surface area contributed by atoms with Crippen molar-refractivity contribution < 1.29 is 14.4 Å². The monoisotopic (exact) mass is 343 g/mol. The summed E-state index contributed by atoms with van der Waals surface area (Å²) in [5.74, 6) is 0.346. The molecule has 2 atom stereocenters. The Morgan fingerprint density at radius 2 is 1.88 bits per heavy atom. The van der Waals surface area contributed by atoms with E-state index in [1.165, 1.54) is 28.8 Å². The van der Waals surface area contributed by atoms with Crippen LogP contribution in [0.2, 0.25) is 0 Å². The maximum absolute atomic E-state index is 11.8. The van der Waals surface area contributed by atoms with Crippen molar-refractivity contribution in [3.8, 4) is 0 Å². The molecule has 0 saturated carbocycles. The third-order valence-corrected chi connectivity index (χ3v) is 5.18.